The van der Waals surface area contributed by atoms with Crippen molar-refractivity contribution < 1.29 is 9.53 Å². The molecule has 0 fully saturated rings. The van der Waals surface area contributed by atoms with Crippen LogP contribution in [0.2, 0.25) is 5.02 Å². The molecule has 19 heavy (non-hydrogen) atoms. The second kappa shape index (κ2) is 4.94. The van der Waals surface area contributed by atoms with Gasteiger partial charge in [0.05, 0.1) is 23.7 Å². The highest BCUT2D eigenvalue weighted by Crippen LogP contribution is 2.39. The normalized spacial score (nSPS) is 14.1. The van der Waals surface area contributed by atoms with Crippen LogP contribution in [0.4, 0.5) is 5.69 Å². The van der Waals surface area contributed by atoms with Gasteiger partial charge in [-0.1, -0.05) is 41.9 Å². The van der Waals surface area contributed by atoms with Gasteiger partial charge in [0, 0.05) is 0 Å². The lowest BCUT2D eigenvalue weighted by atomic mass is 10.0. The molecular formula is C15H12ClNO2. The highest BCUT2D eigenvalue weighted by Gasteiger charge is 2.18. The van der Waals surface area contributed by atoms with Crippen molar-refractivity contribution in [2.24, 2.45) is 0 Å². The number of hydrogen-bond acceptors (Lipinski definition) is 2. The fraction of sp³-hybridized carbons (Fsp3) is 0.133. The van der Waals surface area contributed by atoms with Crippen molar-refractivity contribution >= 4 is 23.2 Å². The number of benzene rings is 2. The molecule has 0 spiro atoms. The first-order valence-electron chi connectivity index (χ1n) is 6.05. The van der Waals surface area contributed by atoms with E-state index in [4.69, 9.17) is 16.3 Å². The van der Waals surface area contributed by atoms with Crippen LogP contribution in [-0.4, -0.2) is 12.5 Å². The second-order valence-electron chi connectivity index (χ2n) is 4.35. The smallest absolute Gasteiger partial charge is 0.227 e. The predicted octanol–water partition coefficient (Wildman–Crippen LogP) is 3.73. The minimum absolute atomic E-state index is 0.0555. The maximum Gasteiger partial charge on any atom is 0.227 e. The number of carbonyl (C=O) groups is 1. The Balaban J connectivity index is 2.10. The number of carbonyl (C=O) groups excluding carboxylic acids is 1. The summed E-state index contributed by atoms with van der Waals surface area (Å²) >= 11 is 6.24. The maximum absolute atomic E-state index is 11.6. The molecule has 3 nitrogen and oxygen atoms in total. The van der Waals surface area contributed by atoms with Crippen molar-refractivity contribution in [3.05, 3.63) is 47.5 Å². The van der Waals surface area contributed by atoms with Gasteiger partial charge in [0.15, 0.2) is 5.75 Å². The zero-order valence-corrected chi connectivity index (χ0v) is 10.9. The van der Waals surface area contributed by atoms with Crippen molar-refractivity contribution in [1.29, 1.82) is 0 Å². The van der Waals surface area contributed by atoms with Crippen LogP contribution in [0.3, 0.4) is 0 Å². The van der Waals surface area contributed by atoms with Gasteiger partial charge in [0.2, 0.25) is 5.91 Å². The highest BCUT2D eigenvalue weighted by atomic mass is 35.5. The summed E-state index contributed by atoms with van der Waals surface area (Å²) in [7, 11) is 0. The lowest BCUT2D eigenvalue weighted by molar-refractivity contribution is -0.116. The van der Waals surface area contributed by atoms with Gasteiger partial charge in [-0.2, -0.15) is 0 Å². The number of ether oxygens (including phenoxy) is 1. The average Bonchev–Trinajstić information content (AvgIpc) is 2.61. The number of fused-ring (bicyclic) bond motifs is 1. The molecule has 3 rings (SSSR count). The number of rotatable bonds is 1. The lowest BCUT2D eigenvalue weighted by Crippen LogP contribution is -2.10. The molecule has 1 N–H and O–H groups in total. The number of nitrogens with one attached hydrogen (secondary N) is 1. The van der Waals surface area contributed by atoms with Crippen LogP contribution in [0.5, 0.6) is 5.75 Å². The van der Waals surface area contributed by atoms with E-state index in [0.29, 0.717) is 29.5 Å². The van der Waals surface area contributed by atoms with E-state index in [1.807, 2.05) is 42.5 Å². The van der Waals surface area contributed by atoms with Crippen molar-refractivity contribution in [3.63, 3.8) is 0 Å². The Morgan fingerprint density at radius 2 is 1.89 bits per heavy atom. The number of hydrogen-bond donors (Lipinski definition) is 1. The summed E-state index contributed by atoms with van der Waals surface area (Å²) in [4.78, 5) is 11.6. The van der Waals surface area contributed by atoms with Crippen LogP contribution in [0.1, 0.15) is 6.42 Å². The molecule has 4 heteroatoms. The first-order chi connectivity index (χ1) is 9.24. The van der Waals surface area contributed by atoms with Crippen LogP contribution in [0, 0.1) is 0 Å². The molecule has 2 aromatic carbocycles. The van der Waals surface area contributed by atoms with Gasteiger partial charge in [0.1, 0.15) is 0 Å². The first-order valence-corrected chi connectivity index (χ1v) is 6.43. The van der Waals surface area contributed by atoms with Gasteiger partial charge in [-0.15, -0.1) is 0 Å². The molecule has 1 heterocycles. The van der Waals surface area contributed by atoms with Crippen LogP contribution >= 0.6 is 11.6 Å². The summed E-state index contributed by atoms with van der Waals surface area (Å²) in [5, 5.41) is 3.34. The van der Waals surface area contributed by atoms with Gasteiger partial charge in [-0.05, 0) is 23.3 Å². The molecule has 1 aliphatic rings. The second-order valence-corrected chi connectivity index (χ2v) is 4.75. The van der Waals surface area contributed by atoms with E-state index in [2.05, 4.69) is 5.32 Å². The standard InChI is InChI=1S/C15H12ClNO2/c16-12-8-11(10-4-2-1-3-5-10)9-13-15(12)19-7-6-14(18)17-13/h1-5,8-9H,6-7H2,(H,17,18). The minimum atomic E-state index is -0.0555. The fourth-order valence-corrected chi connectivity index (χ4v) is 2.36. The molecule has 0 unspecified atom stereocenters. The molecular weight excluding hydrogens is 262 g/mol. The van der Waals surface area contributed by atoms with Gasteiger partial charge in [0.25, 0.3) is 0 Å². The van der Waals surface area contributed by atoms with Crippen LogP contribution in [0.15, 0.2) is 42.5 Å². The van der Waals surface area contributed by atoms with Crippen molar-refractivity contribution in [2.45, 2.75) is 6.42 Å². The monoisotopic (exact) mass is 273 g/mol. The summed E-state index contributed by atoms with van der Waals surface area (Å²) in [5.74, 6) is 0.493. The summed E-state index contributed by atoms with van der Waals surface area (Å²) in [6.45, 7) is 0.350. The molecule has 1 aliphatic heterocycles. The largest absolute Gasteiger partial charge is 0.489 e. The Morgan fingerprint density at radius 3 is 2.68 bits per heavy atom. The molecule has 0 aromatic heterocycles. The third-order valence-corrected chi connectivity index (χ3v) is 3.28. The van der Waals surface area contributed by atoms with Gasteiger partial charge >= 0.3 is 0 Å². The summed E-state index contributed by atoms with van der Waals surface area (Å²) in [6, 6.07) is 13.6. The Labute approximate surface area is 116 Å². The Morgan fingerprint density at radius 1 is 1.11 bits per heavy atom. The fourth-order valence-electron chi connectivity index (χ4n) is 2.09. The van der Waals surface area contributed by atoms with Gasteiger partial charge < -0.3 is 10.1 Å². The third-order valence-electron chi connectivity index (χ3n) is 3.00. The molecule has 0 saturated carbocycles. The van der Waals surface area contributed by atoms with E-state index in [0.717, 1.165) is 11.1 Å². The van der Waals surface area contributed by atoms with E-state index in [9.17, 15) is 4.79 Å². The van der Waals surface area contributed by atoms with E-state index >= 15 is 0 Å². The van der Waals surface area contributed by atoms with Gasteiger partial charge in [-0.25, -0.2) is 0 Å². The molecule has 2 aromatic rings. The highest BCUT2D eigenvalue weighted by molar-refractivity contribution is 6.33. The van der Waals surface area contributed by atoms with E-state index in [1.54, 1.807) is 0 Å². The first kappa shape index (κ1) is 12.1. The predicted molar refractivity (Wildman–Crippen MR) is 75.6 cm³/mol. The van der Waals surface area contributed by atoms with E-state index in [-0.39, 0.29) is 5.91 Å². The number of halogens is 1. The molecule has 96 valence electrons. The molecule has 0 radical (unpaired) electrons. The number of amides is 1. The third kappa shape index (κ3) is 2.42. The SMILES string of the molecule is O=C1CCOc2c(Cl)cc(-c3ccccc3)cc2N1. The van der Waals surface area contributed by atoms with Crippen LogP contribution < -0.4 is 10.1 Å². The average molecular weight is 274 g/mol. The summed E-state index contributed by atoms with van der Waals surface area (Å²) in [6.07, 6.45) is 0.339. The Hall–Kier alpha value is -2.00. The molecule has 0 atom stereocenters. The maximum atomic E-state index is 11.6. The molecule has 0 saturated heterocycles. The Kier molecular flexibility index (Phi) is 3.13. The molecule has 1 amide bonds. The van der Waals surface area contributed by atoms with E-state index < -0.39 is 0 Å². The topological polar surface area (TPSA) is 38.3 Å². The molecule has 0 aliphatic carbocycles. The van der Waals surface area contributed by atoms with E-state index in [1.165, 1.54) is 0 Å². The lowest BCUT2D eigenvalue weighted by Gasteiger charge is -2.11. The zero-order chi connectivity index (χ0) is 13.2. The molecule has 0 bridgehead atoms. The van der Waals surface area contributed by atoms with Crippen molar-refractivity contribution in [1.82, 2.24) is 0 Å². The zero-order valence-electron chi connectivity index (χ0n) is 10.2. The summed E-state index contributed by atoms with van der Waals surface area (Å²) in [5.41, 5.74) is 2.63. The van der Waals surface area contributed by atoms with Gasteiger partial charge in [-0.3, -0.25) is 4.79 Å². The quantitative estimate of drug-likeness (QED) is 0.860. The van der Waals surface area contributed by atoms with Crippen LogP contribution in [0.25, 0.3) is 11.1 Å². The Bertz CT molecular complexity index is 626. The van der Waals surface area contributed by atoms with Crippen molar-refractivity contribution in [3.8, 4) is 16.9 Å². The summed E-state index contributed by atoms with van der Waals surface area (Å²) < 4.78 is 5.53. The number of anilines is 1. The van der Waals surface area contributed by atoms with Crippen molar-refractivity contribution in [2.75, 3.05) is 11.9 Å². The van der Waals surface area contributed by atoms with Crippen LogP contribution in [-0.2, 0) is 4.79 Å². The minimum Gasteiger partial charge on any atom is -0.489 e.